The monoisotopic (exact) mass is 374 g/mol. The summed E-state index contributed by atoms with van der Waals surface area (Å²) in [7, 11) is -3.85. The number of carbonyl (C=O) groups excluding carboxylic acids is 1. The Morgan fingerprint density at radius 3 is 2.42 bits per heavy atom. The molecule has 2 aromatic rings. The molecule has 0 radical (unpaired) electrons. The fourth-order valence-corrected chi connectivity index (χ4v) is 4.10. The molecule has 0 heterocycles. The van der Waals surface area contributed by atoms with Crippen LogP contribution in [0.25, 0.3) is 0 Å². The van der Waals surface area contributed by atoms with Gasteiger partial charge in [-0.25, -0.2) is 8.42 Å². The Bertz CT molecular complexity index is 849. The van der Waals surface area contributed by atoms with E-state index in [0.717, 1.165) is 24.0 Å². The average molecular weight is 375 g/mol. The molecule has 0 unspecified atom stereocenters. The second-order valence-electron chi connectivity index (χ2n) is 6.32. The molecule has 26 heavy (non-hydrogen) atoms. The molecule has 0 bridgehead atoms. The number of anilines is 1. The first-order chi connectivity index (χ1) is 12.4. The maximum atomic E-state index is 13.2. The summed E-state index contributed by atoms with van der Waals surface area (Å²) in [5, 5.41) is 2.80. The normalized spacial score (nSPS) is 11.2. The molecule has 1 N–H and O–H groups in total. The van der Waals surface area contributed by atoms with Gasteiger partial charge in [0.2, 0.25) is 5.91 Å². The van der Waals surface area contributed by atoms with Gasteiger partial charge < -0.3 is 5.32 Å². The fraction of sp³-hybridized carbons (Fsp3) is 0.350. The van der Waals surface area contributed by atoms with Crippen LogP contribution in [0.3, 0.4) is 0 Å². The molecule has 0 aliphatic rings. The number of nitrogens with zero attached hydrogens (tertiary/aromatic N) is 1. The number of benzene rings is 2. The molecular weight excluding hydrogens is 348 g/mol. The van der Waals surface area contributed by atoms with Crippen LogP contribution in [0, 0.1) is 13.8 Å². The zero-order chi connectivity index (χ0) is 19.2. The van der Waals surface area contributed by atoms with Crippen molar-refractivity contribution in [2.45, 2.75) is 38.5 Å². The van der Waals surface area contributed by atoms with Gasteiger partial charge in [-0.2, -0.15) is 0 Å². The molecule has 0 fully saturated rings. The van der Waals surface area contributed by atoms with Gasteiger partial charge in [-0.05, 0) is 49.6 Å². The Balaban J connectivity index is 2.42. The quantitative estimate of drug-likeness (QED) is 0.720. The van der Waals surface area contributed by atoms with Crippen molar-refractivity contribution in [2.75, 3.05) is 17.4 Å². The second-order valence-corrected chi connectivity index (χ2v) is 8.18. The van der Waals surface area contributed by atoms with Crippen LogP contribution in [0.4, 0.5) is 5.69 Å². The summed E-state index contributed by atoms with van der Waals surface area (Å²) in [6, 6.07) is 13.8. The summed E-state index contributed by atoms with van der Waals surface area (Å²) >= 11 is 0. The minimum atomic E-state index is -3.85. The van der Waals surface area contributed by atoms with Gasteiger partial charge in [0.05, 0.1) is 10.6 Å². The minimum Gasteiger partial charge on any atom is -0.355 e. The Labute approximate surface area is 156 Å². The predicted octanol–water partition coefficient (Wildman–Crippen LogP) is 3.42. The molecule has 1 amide bonds. The average Bonchev–Trinajstić information content (AvgIpc) is 2.63. The van der Waals surface area contributed by atoms with Gasteiger partial charge in [0.1, 0.15) is 6.54 Å². The van der Waals surface area contributed by atoms with Crippen molar-refractivity contribution < 1.29 is 13.2 Å². The summed E-state index contributed by atoms with van der Waals surface area (Å²) < 4.78 is 27.6. The van der Waals surface area contributed by atoms with E-state index in [2.05, 4.69) is 5.32 Å². The number of unbranched alkanes of at least 4 members (excludes halogenated alkanes) is 1. The van der Waals surface area contributed by atoms with E-state index in [1.54, 1.807) is 36.4 Å². The van der Waals surface area contributed by atoms with Gasteiger partial charge in [-0.1, -0.05) is 43.7 Å². The third kappa shape index (κ3) is 4.85. The molecule has 140 valence electrons. The highest BCUT2D eigenvalue weighted by atomic mass is 32.2. The zero-order valence-electron chi connectivity index (χ0n) is 15.5. The molecular formula is C20H26N2O3S. The number of rotatable bonds is 8. The van der Waals surface area contributed by atoms with Crippen molar-refractivity contribution in [2.24, 2.45) is 0 Å². The first-order valence-electron chi connectivity index (χ1n) is 8.78. The number of amides is 1. The summed E-state index contributed by atoms with van der Waals surface area (Å²) in [6.07, 6.45) is 1.82. The topological polar surface area (TPSA) is 66.5 Å². The number of carbonyl (C=O) groups is 1. The molecule has 0 aromatic heterocycles. The highest BCUT2D eigenvalue weighted by molar-refractivity contribution is 7.92. The smallest absolute Gasteiger partial charge is 0.264 e. The van der Waals surface area contributed by atoms with E-state index in [0.29, 0.717) is 12.2 Å². The molecule has 2 aromatic carbocycles. The number of nitrogens with one attached hydrogen (secondary N) is 1. The van der Waals surface area contributed by atoms with Crippen LogP contribution >= 0.6 is 0 Å². The summed E-state index contributed by atoms with van der Waals surface area (Å²) in [6.45, 7) is 6.08. The van der Waals surface area contributed by atoms with E-state index in [1.807, 2.05) is 32.9 Å². The third-order valence-corrected chi connectivity index (χ3v) is 5.88. The van der Waals surface area contributed by atoms with Gasteiger partial charge in [0.15, 0.2) is 0 Å². The van der Waals surface area contributed by atoms with Crippen LogP contribution in [-0.2, 0) is 14.8 Å². The SMILES string of the molecule is CCCCNC(=O)CN(c1cc(C)ccc1C)S(=O)(=O)c1ccccc1. The van der Waals surface area contributed by atoms with Crippen molar-refractivity contribution in [3.05, 3.63) is 59.7 Å². The number of sulfonamides is 1. The fourth-order valence-electron chi connectivity index (χ4n) is 2.60. The third-order valence-electron chi connectivity index (χ3n) is 4.10. The summed E-state index contributed by atoms with van der Waals surface area (Å²) in [5.41, 5.74) is 2.27. The number of hydrogen-bond acceptors (Lipinski definition) is 3. The lowest BCUT2D eigenvalue weighted by atomic mass is 10.1. The minimum absolute atomic E-state index is 0.169. The van der Waals surface area contributed by atoms with E-state index in [-0.39, 0.29) is 17.3 Å². The summed E-state index contributed by atoms with van der Waals surface area (Å²) in [5.74, 6) is -0.307. The molecule has 0 aliphatic heterocycles. The first-order valence-corrected chi connectivity index (χ1v) is 10.2. The molecule has 0 saturated carbocycles. The zero-order valence-corrected chi connectivity index (χ0v) is 16.3. The van der Waals surface area contributed by atoms with Crippen LogP contribution < -0.4 is 9.62 Å². The Kier molecular flexibility index (Phi) is 6.80. The number of hydrogen-bond donors (Lipinski definition) is 1. The number of aryl methyl sites for hydroxylation is 2. The largest absolute Gasteiger partial charge is 0.355 e. The van der Waals surface area contributed by atoms with Crippen molar-refractivity contribution in [1.29, 1.82) is 0 Å². The van der Waals surface area contributed by atoms with Crippen LogP contribution in [0.15, 0.2) is 53.4 Å². The first kappa shape index (κ1) is 20.0. The van der Waals surface area contributed by atoms with Gasteiger partial charge in [0, 0.05) is 6.54 Å². The lowest BCUT2D eigenvalue weighted by Crippen LogP contribution is -2.41. The lowest BCUT2D eigenvalue weighted by molar-refractivity contribution is -0.119. The molecule has 0 spiro atoms. The molecule has 5 nitrogen and oxygen atoms in total. The van der Waals surface area contributed by atoms with Crippen molar-refractivity contribution in [3.63, 3.8) is 0 Å². The second kappa shape index (κ2) is 8.85. The maximum absolute atomic E-state index is 13.2. The van der Waals surface area contributed by atoms with Crippen molar-refractivity contribution in [1.82, 2.24) is 5.32 Å². The van der Waals surface area contributed by atoms with Crippen molar-refractivity contribution >= 4 is 21.6 Å². The molecule has 0 atom stereocenters. The Hall–Kier alpha value is -2.34. The van der Waals surface area contributed by atoms with E-state index >= 15 is 0 Å². The van der Waals surface area contributed by atoms with Crippen LogP contribution in [-0.4, -0.2) is 27.4 Å². The van der Waals surface area contributed by atoms with Crippen LogP contribution in [0.1, 0.15) is 30.9 Å². The lowest BCUT2D eigenvalue weighted by Gasteiger charge is -2.26. The standard InChI is InChI=1S/C20H26N2O3S/c1-4-5-13-21-20(23)15-22(19-14-16(2)11-12-17(19)3)26(24,25)18-9-7-6-8-10-18/h6-12,14H,4-5,13,15H2,1-3H3,(H,21,23). The Morgan fingerprint density at radius 1 is 1.08 bits per heavy atom. The molecule has 2 rings (SSSR count). The van der Waals surface area contributed by atoms with E-state index < -0.39 is 10.0 Å². The highest BCUT2D eigenvalue weighted by Crippen LogP contribution is 2.27. The molecule has 0 saturated heterocycles. The highest BCUT2D eigenvalue weighted by Gasteiger charge is 2.28. The van der Waals surface area contributed by atoms with Gasteiger partial charge in [-0.3, -0.25) is 9.10 Å². The molecule has 6 heteroatoms. The maximum Gasteiger partial charge on any atom is 0.264 e. The molecule has 0 aliphatic carbocycles. The van der Waals surface area contributed by atoms with Gasteiger partial charge >= 0.3 is 0 Å². The summed E-state index contributed by atoms with van der Waals surface area (Å²) in [4.78, 5) is 12.5. The Morgan fingerprint density at radius 2 is 1.77 bits per heavy atom. The van der Waals surface area contributed by atoms with E-state index in [4.69, 9.17) is 0 Å². The van der Waals surface area contributed by atoms with Crippen LogP contribution in [0.5, 0.6) is 0 Å². The van der Waals surface area contributed by atoms with E-state index in [9.17, 15) is 13.2 Å². The van der Waals surface area contributed by atoms with Crippen molar-refractivity contribution in [3.8, 4) is 0 Å². The van der Waals surface area contributed by atoms with Crippen LogP contribution in [0.2, 0.25) is 0 Å². The van der Waals surface area contributed by atoms with E-state index in [1.165, 1.54) is 4.31 Å². The predicted molar refractivity (Wildman–Crippen MR) is 105 cm³/mol. The van der Waals surface area contributed by atoms with Gasteiger partial charge in [-0.15, -0.1) is 0 Å². The van der Waals surface area contributed by atoms with Gasteiger partial charge in [0.25, 0.3) is 10.0 Å².